The van der Waals surface area contributed by atoms with Crippen LogP contribution in [0.4, 0.5) is 8.78 Å². The van der Waals surface area contributed by atoms with Gasteiger partial charge in [-0.25, -0.2) is 8.78 Å². The van der Waals surface area contributed by atoms with Crippen LogP contribution in [-0.2, 0) is 30.4 Å². The number of guanidine groups is 1. The van der Waals surface area contributed by atoms with Gasteiger partial charge in [-0.15, -0.1) is 4.72 Å². The van der Waals surface area contributed by atoms with Crippen molar-refractivity contribution in [2.75, 3.05) is 52.7 Å². The molecule has 0 heterocycles. The minimum Gasteiger partial charge on any atom is -0.593 e. The number of azide groups is 1. The number of nitrogens with one attached hydrogen (secondary N) is 1. The lowest BCUT2D eigenvalue weighted by Gasteiger charge is -2.12. The average molecular weight is 596 g/mol. The number of rotatable bonds is 18. The maximum absolute atomic E-state index is 14.6. The molecule has 0 aromatic heterocycles. The van der Waals surface area contributed by atoms with E-state index < -0.39 is 40.6 Å². The molecule has 0 aliphatic rings. The van der Waals surface area contributed by atoms with E-state index in [9.17, 15) is 18.1 Å². The average Bonchev–Trinajstić information content (AvgIpc) is 2.93. The second-order valence-corrected chi connectivity index (χ2v) is 9.31. The summed E-state index contributed by atoms with van der Waals surface area (Å²) in [4.78, 5) is 18.2. The summed E-state index contributed by atoms with van der Waals surface area (Å²) in [6.07, 6.45) is 1.23. The van der Waals surface area contributed by atoms with Crippen molar-refractivity contribution in [1.29, 1.82) is 0 Å². The highest BCUT2D eigenvalue weighted by Crippen LogP contribution is 2.30. The van der Waals surface area contributed by atoms with Crippen molar-refractivity contribution < 1.29 is 37.1 Å². The van der Waals surface area contributed by atoms with E-state index in [-0.39, 0.29) is 23.4 Å². The molecular weight excluding hydrogens is 564 g/mol. The Morgan fingerprint density at radius 3 is 2.22 bits per heavy atom. The van der Waals surface area contributed by atoms with Crippen LogP contribution in [0.2, 0.25) is 0 Å². The van der Waals surface area contributed by atoms with Crippen LogP contribution in [-0.4, -0.2) is 69.2 Å². The van der Waals surface area contributed by atoms with E-state index in [0.717, 1.165) is 12.1 Å². The van der Waals surface area contributed by atoms with Gasteiger partial charge in [0.25, 0.3) is 5.91 Å². The van der Waals surface area contributed by atoms with Crippen molar-refractivity contribution in [1.82, 2.24) is 4.72 Å². The number of amides is 1. The van der Waals surface area contributed by atoms with Gasteiger partial charge in [0.2, 0.25) is 0 Å². The molecule has 0 spiro atoms. The molecule has 1 atom stereocenters. The highest BCUT2D eigenvalue weighted by molar-refractivity contribution is 7.89. The summed E-state index contributed by atoms with van der Waals surface area (Å²) in [7, 11) is 0. The Morgan fingerprint density at radius 1 is 1.05 bits per heavy atom. The van der Waals surface area contributed by atoms with E-state index in [2.05, 4.69) is 19.7 Å². The van der Waals surface area contributed by atoms with Gasteiger partial charge < -0.3 is 35.0 Å². The van der Waals surface area contributed by atoms with Gasteiger partial charge >= 0.3 is 0 Å². The number of hydrogen-bond donors (Lipinski definition) is 3. The summed E-state index contributed by atoms with van der Waals surface area (Å²) < 4.78 is 65.7. The fourth-order valence-electron chi connectivity index (χ4n) is 3.01. The second kappa shape index (κ2) is 18.6. The number of nitrogens with zero attached hydrogens (tertiary/aromatic N) is 4. The first-order chi connectivity index (χ1) is 19.7. The maximum atomic E-state index is 14.6. The number of ether oxygens (including phenoxy) is 4. The van der Waals surface area contributed by atoms with E-state index in [1.165, 1.54) is 37.3 Å². The lowest BCUT2D eigenvalue weighted by molar-refractivity contribution is -0.114. The molecule has 1 unspecified atom stereocenters. The lowest BCUT2D eigenvalue weighted by Crippen LogP contribution is -2.27. The van der Waals surface area contributed by atoms with E-state index in [1.807, 2.05) is 0 Å². The third-order valence-electron chi connectivity index (χ3n) is 4.85. The van der Waals surface area contributed by atoms with E-state index >= 15 is 0 Å². The Balaban J connectivity index is 1.75. The molecule has 2 rings (SSSR count). The molecule has 0 aliphatic heterocycles. The molecule has 5 N–H and O–H groups in total. The van der Waals surface area contributed by atoms with Crippen LogP contribution in [0.15, 0.2) is 57.0 Å². The number of hydrogen-bond acceptors (Lipinski definition) is 8. The first-order valence-electron chi connectivity index (χ1n) is 12.2. The van der Waals surface area contributed by atoms with Crippen LogP contribution in [0.1, 0.15) is 12.5 Å². The molecule has 1 amide bonds. The van der Waals surface area contributed by atoms with Crippen molar-refractivity contribution in [3.63, 3.8) is 0 Å². The summed E-state index contributed by atoms with van der Waals surface area (Å²) in [5.74, 6) is -3.67. The van der Waals surface area contributed by atoms with Crippen molar-refractivity contribution in [3.8, 4) is 11.5 Å². The van der Waals surface area contributed by atoms with Crippen LogP contribution < -0.4 is 20.9 Å². The zero-order chi connectivity index (χ0) is 30.0. The molecule has 41 heavy (non-hydrogen) atoms. The van der Waals surface area contributed by atoms with Crippen LogP contribution >= 0.6 is 0 Å². The van der Waals surface area contributed by atoms with Crippen LogP contribution in [0.25, 0.3) is 16.5 Å². The monoisotopic (exact) mass is 595 g/mol. The van der Waals surface area contributed by atoms with Crippen molar-refractivity contribution >= 4 is 29.3 Å². The smallest absolute Gasteiger partial charge is 0.275 e. The van der Waals surface area contributed by atoms with Gasteiger partial charge in [-0.05, 0) is 60.5 Å². The minimum atomic E-state index is -1.55. The van der Waals surface area contributed by atoms with Gasteiger partial charge in [0, 0.05) is 17.0 Å². The molecule has 0 bridgehead atoms. The molecule has 13 nitrogen and oxygen atoms in total. The molecule has 0 fully saturated rings. The Labute approximate surface area is 238 Å². The second-order valence-electron chi connectivity index (χ2n) is 8.01. The van der Waals surface area contributed by atoms with Gasteiger partial charge in [-0.3, -0.25) is 4.79 Å². The largest absolute Gasteiger partial charge is 0.593 e. The molecule has 0 radical (unpaired) electrons. The third-order valence-corrected chi connectivity index (χ3v) is 6.02. The quantitative estimate of drug-likeness (QED) is 0.0338. The van der Waals surface area contributed by atoms with Crippen molar-refractivity contribution in [2.24, 2.45) is 21.6 Å². The van der Waals surface area contributed by atoms with Crippen LogP contribution in [0.3, 0.4) is 0 Å². The summed E-state index contributed by atoms with van der Waals surface area (Å²) in [6, 6.07) is 7.83. The predicted octanol–water partition coefficient (Wildman–Crippen LogP) is 2.93. The normalized spacial score (nSPS) is 12.0. The Bertz CT molecular complexity index is 1220. The first-order valence-corrected chi connectivity index (χ1v) is 13.3. The molecule has 0 aliphatic carbocycles. The first kappa shape index (κ1) is 33.4. The fourth-order valence-corrected chi connectivity index (χ4v) is 3.83. The van der Waals surface area contributed by atoms with E-state index in [1.54, 1.807) is 0 Å². The van der Waals surface area contributed by atoms with E-state index in [4.69, 9.17) is 35.9 Å². The Morgan fingerprint density at radius 2 is 1.63 bits per heavy atom. The SMILES string of the molecule is C/C(=C\c1cc(F)c(Oc2ccc([S+]([O-])NCCOCCOCCOCCN=[N+]=[N-])cc2)c(F)c1)C(=O)N=C(N)N. The topological polar surface area (TPSA) is 202 Å². The third kappa shape index (κ3) is 13.0. The molecule has 222 valence electrons. The van der Waals surface area contributed by atoms with Crippen LogP contribution in [0, 0.1) is 11.6 Å². The maximum Gasteiger partial charge on any atom is 0.275 e. The molecule has 0 saturated carbocycles. The summed E-state index contributed by atoms with van der Waals surface area (Å²) in [5, 5.41) is 3.34. The molecular formula is C25H31F2N7O6S. The molecule has 2 aromatic rings. The molecule has 0 saturated heterocycles. The molecule has 16 heteroatoms. The highest BCUT2D eigenvalue weighted by Gasteiger charge is 2.16. The number of carbonyl (C=O) groups is 1. The standard InChI is InChI=1S/C25H31F2N7O6S/c1-17(24(35)33-25(28)29)14-18-15-21(26)23(22(27)16-18)40-19-2-4-20(5-3-19)41(36)32-7-9-38-11-13-39-12-10-37-8-6-31-34-30/h2-5,14-16,32H,6-13H2,1H3,(H4,28,29,33,35)/b17-14+. The van der Waals surface area contributed by atoms with Gasteiger partial charge in [-0.1, -0.05) is 5.11 Å². The van der Waals surface area contributed by atoms with Gasteiger partial charge in [0.05, 0.1) is 57.5 Å². The Hall–Kier alpha value is -3.76. The fraction of sp³-hybridized carbons (Fsp3) is 0.360. The number of nitrogens with two attached hydrogens (primary N) is 2. The van der Waals surface area contributed by atoms with Gasteiger partial charge in [0.1, 0.15) is 5.75 Å². The number of benzene rings is 2. The predicted molar refractivity (Wildman–Crippen MR) is 148 cm³/mol. The Kier molecular flexibility index (Phi) is 15.1. The number of halogens is 2. The lowest BCUT2D eigenvalue weighted by atomic mass is 10.1. The van der Waals surface area contributed by atoms with Gasteiger partial charge in [-0.2, -0.15) is 4.99 Å². The highest BCUT2D eigenvalue weighted by atomic mass is 32.2. The zero-order valence-electron chi connectivity index (χ0n) is 22.3. The van der Waals surface area contributed by atoms with Crippen molar-refractivity contribution in [3.05, 3.63) is 69.6 Å². The summed E-state index contributed by atoms with van der Waals surface area (Å²) in [6.45, 7) is 4.08. The summed E-state index contributed by atoms with van der Waals surface area (Å²) in [5.41, 5.74) is 18.6. The summed E-state index contributed by atoms with van der Waals surface area (Å²) >= 11 is -1.55. The molecule has 2 aromatic carbocycles. The number of carbonyl (C=O) groups excluding carboxylic acids is 1. The van der Waals surface area contributed by atoms with Crippen molar-refractivity contribution in [2.45, 2.75) is 11.8 Å². The minimum absolute atomic E-state index is 0.0714. The number of aliphatic imine (C=N–C) groups is 1. The van der Waals surface area contributed by atoms with Crippen LogP contribution in [0.5, 0.6) is 11.5 Å². The van der Waals surface area contributed by atoms with E-state index in [0.29, 0.717) is 51.1 Å². The van der Waals surface area contributed by atoms with Gasteiger partial charge in [0.15, 0.2) is 28.2 Å². The zero-order valence-corrected chi connectivity index (χ0v) is 23.1.